The largest absolute Gasteiger partial charge is 0.308 e. The number of aryl methyl sites for hydroxylation is 1. The van der Waals surface area contributed by atoms with Gasteiger partial charge in [0.2, 0.25) is 0 Å². The topological polar surface area (TPSA) is 8.17 Å². The van der Waals surface area contributed by atoms with Crippen LogP contribution in [0.3, 0.4) is 0 Å². The van der Waals surface area contributed by atoms with Gasteiger partial charge in [0.25, 0.3) is 0 Å². The third-order valence-corrected chi connectivity index (χ3v) is 8.51. The minimum Gasteiger partial charge on any atom is -0.308 e. The van der Waals surface area contributed by atoms with Crippen LogP contribution in [0.25, 0.3) is 44.5 Å². The third-order valence-electron chi connectivity index (χ3n) is 8.51. The van der Waals surface area contributed by atoms with Crippen molar-refractivity contribution in [2.75, 3.05) is 4.90 Å². The van der Waals surface area contributed by atoms with Crippen molar-refractivity contribution in [1.82, 2.24) is 4.57 Å². The van der Waals surface area contributed by atoms with Crippen molar-refractivity contribution in [3.05, 3.63) is 181 Å². The van der Waals surface area contributed by atoms with E-state index in [4.69, 9.17) is 0 Å². The molecular weight excluding hydrogens is 581 g/mol. The van der Waals surface area contributed by atoms with Gasteiger partial charge in [0, 0.05) is 22.4 Å². The first-order chi connectivity index (χ1) is 23.5. The van der Waals surface area contributed by atoms with Gasteiger partial charge in [-0.3, -0.25) is 0 Å². The van der Waals surface area contributed by atoms with Crippen LogP contribution in [0.15, 0.2) is 169 Å². The van der Waals surface area contributed by atoms with E-state index in [0.717, 1.165) is 17.1 Å². The summed E-state index contributed by atoms with van der Waals surface area (Å²) in [7, 11) is 0. The lowest BCUT2D eigenvalue weighted by molar-refractivity contribution is 1.06. The fourth-order valence-corrected chi connectivity index (χ4v) is 6.39. The summed E-state index contributed by atoms with van der Waals surface area (Å²) < 4.78 is 2.45. The Balaban J connectivity index is 0.00000129. The highest BCUT2D eigenvalue weighted by molar-refractivity contribution is 5.97. The molecule has 6 aromatic carbocycles. The van der Waals surface area contributed by atoms with Crippen LogP contribution >= 0.6 is 0 Å². The maximum Gasteiger partial charge on any atom is 0.0738 e. The van der Waals surface area contributed by atoms with Gasteiger partial charge in [0.05, 0.1) is 16.9 Å². The van der Waals surface area contributed by atoms with E-state index >= 15 is 0 Å². The second-order valence-electron chi connectivity index (χ2n) is 12.0. The molecule has 7 aromatic rings. The number of hydrogen-bond donors (Lipinski definition) is 0. The number of rotatable bonds is 7. The normalized spacial score (nSPS) is 10.5. The predicted octanol–water partition coefficient (Wildman–Crippen LogP) is 12.5. The van der Waals surface area contributed by atoms with E-state index in [2.05, 4.69) is 206 Å². The summed E-state index contributed by atoms with van der Waals surface area (Å²) in [6.45, 7) is 8.37. The highest BCUT2D eigenvalue weighted by Gasteiger charge is 2.26. The van der Waals surface area contributed by atoms with Crippen LogP contribution in [0.1, 0.15) is 32.0 Å². The van der Waals surface area contributed by atoms with E-state index in [9.17, 15) is 0 Å². The summed E-state index contributed by atoms with van der Waals surface area (Å²) in [6.07, 6.45) is 4.60. The fourth-order valence-electron chi connectivity index (χ4n) is 6.39. The number of aromatic nitrogens is 1. The molecule has 48 heavy (non-hydrogen) atoms. The van der Waals surface area contributed by atoms with Gasteiger partial charge in [0.15, 0.2) is 0 Å². The van der Waals surface area contributed by atoms with Crippen LogP contribution in [0.2, 0.25) is 0 Å². The van der Waals surface area contributed by atoms with Crippen LogP contribution < -0.4 is 4.90 Å². The van der Waals surface area contributed by atoms with Crippen molar-refractivity contribution in [1.29, 1.82) is 0 Å². The highest BCUT2D eigenvalue weighted by atomic mass is 15.2. The number of allylic oxidation sites excluding steroid dienone is 1. The first kappa shape index (κ1) is 31.9. The maximum absolute atomic E-state index is 4.60. The minimum atomic E-state index is 1.12. The lowest BCUT2D eigenvalue weighted by Crippen LogP contribution is -2.19. The Hall–Kier alpha value is -6.04. The summed E-state index contributed by atoms with van der Waals surface area (Å²) in [4.78, 5) is 2.42. The SMILES string of the molecule is C#CC.CC(C)=C(c1c(C)c2ccccc2n1-c1cccc(-c2ccccc2)c1)N(c1ccccc1)c1ccc(-c2ccccc2)cc1. The fraction of sp³-hybridized carbons (Fsp3) is 0.0870. The highest BCUT2D eigenvalue weighted by Crippen LogP contribution is 2.42. The number of nitrogens with zero attached hydrogens (tertiary/aromatic N) is 2. The summed E-state index contributed by atoms with van der Waals surface area (Å²) in [5.41, 5.74) is 14.3. The predicted molar refractivity (Wildman–Crippen MR) is 207 cm³/mol. The van der Waals surface area contributed by atoms with Gasteiger partial charge in [-0.05, 0) is 98.0 Å². The molecular formula is C46H40N2. The molecule has 0 fully saturated rings. The summed E-state index contributed by atoms with van der Waals surface area (Å²) >= 11 is 0. The second kappa shape index (κ2) is 14.6. The quantitative estimate of drug-likeness (QED) is 0.161. The molecule has 0 aliphatic carbocycles. The van der Waals surface area contributed by atoms with E-state index in [-0.39, 0.29) is 0 Å². The Morgan fingerprint density at radius 3 is 1.65 bits per heavy atom. The molecule has 0 saturated carbocycles. The number of anilines is 2. The zero-order valence-corrected chi connectivity index (χ0v) is 28.1. The first-order valence-electron chi connectivity index (χ1n) is 16.3. The van der Waals surface area contributed by atoms with Crippen molar-refractivity contribution in [2.24, 2.45) is 0 Å². The molecule has 0 aliphatic rings. The molecule has 0 spiro atoms. The molecule has 1 heterocycles. The van der Waals surface area contributed by atoms with Gasteiger partial charge < -0.3 is 9.47 Å². The molecule has 0 unspecified atom stereocenters. The lowest BCUT2D eigenvalue weighted by atomic mass is 10.0. The Labute approximate surface area is 285 Å². The van der Waals surface area contributed by atoms with Gasteiger partial charge in [-0.2, -0.15) is 0 Å². The first-order valence-corrected chi connectivity index (χ1v) is 16.3. The zero-order valence-electron chi connectivity index (χ0n) is 28.1. The molecule has 0 N–H and O–H groups in total. The van der Waals surface area contributed by atoms with Crippen LogP contribution in [-0.2, 0) is 0 Å². The summed E-state index contributed by atoms with van der Waals surface area (Å²) in [5, 5.41) is 1.25. The van der Waals surface area contributed by atoms with Crippen molar-refractivity contribution in [2.45, 2.75) is 27.7 Å². The van der Waals surface area contributed by atoms with E-state index < -0.39 is 0 Å². The smallest absolute Gasteiger partial charge is 0.0738 e. The zero-order chi connectivity index (χ0) is 33.5. The van der Waals surface area contributed by atoms with Crippen molar-refractivity contribution in [3.8, 4) is 40.3 Å². The van der Waals surface area contributed by atoms with E-state index in [1.165, 1.54) is 55.7 Å². The van der Waals surface area contributed by atoms with Crippen molar-refractivity contribution in [3.63, 3.8) is 0 Å². The van der Waals surface area contributed by atoms with Crippen LogP contribution in [0.5, 0.6) is 0 Å². The van der Waals surface area contributed by atoms with Gasteiger partial charge in [-0.15, -0.1) is 12.3 Å². The lowest BCUT2D eigenvalue weighted by Gasteiger charge is -2.31. The van der Waals surface area contributed by atoms with Crippen molar-refractivity contribution >= 4 is 28.0 Å². The Bertz CT molecular complexity index is 2190. The Kier molecular flexibility index (Phi) is 9.70. The Morgan fingerprint density at radius 1 is 0.562 bits per heavy atom. The average Bonchev–Trinajstić information content (AvgIpc) is 3.43. The molecule has 0 atom stereocenters. The number of terminal acetylenes is 1. The minimum absolute atomic E-state index is 1.12. The molecule has 1 aromatic heterocycles. The van der Waals surface area contributed by atoms with Gasteiger partial charge in [-0.1, -0.05) is 127 Å². The van der Waals surface area contributed by atoms with Gasteiger partial charge in [-0.25, -0.2) is 0 Å². The molecule has 2 heteroatoms. The van der Waals surface area contributed by atoms with Crippen LogP contribution in [-0.4, -0.2) is 4.57 Å². The van der Waals surface area contributed by atoms with Gasteiger partial charge >= 0.3 is 0 Å². The summed E-state index contributed by atoms with van der Waals surface area (Å²) in [5.74, 6) is 2.25. The van der Waals surface area contributed by atoms with Crippen LogP contribution in [0, 0.1) is 19.3 Å². The number of hydrogen-bond acceptors (Lipinski definition) is 1. The van der Waals surface area contributed by atoms with E-state index in [1.807, 2.05) is 0 Å². The third kappa shape index (κ3) is 6.45. The van der Waals surface area contributed by atoms with Crippen molar-refractivity contribution < 1.29 is 0 Å². The summed E-state index contributed by atoms with van der Waals surface area (Å²) in [6, 6.07) is 58.6. The van der Waals surface area contributed by atoms with Gasteiger partial charge in [0.1, 0.15) is 0 Å². The number of para-hydroxylation sites is 2. The van der Waals surface area contributed by atoms with E-state index in [1.54, 1.807) is 6.92 Å². The van der Waals surface area contributed by atoms with Crippen LogP contribution in [0.4, 0.5) is 11.4 Å². The molecule has 0 bridgehead atoms. The maximum atomic E-state index is 4.60. The molecule has 0 aliphatic heterocycles. The standard InChI is InChI=1S/C43H36N2.C3H4/c1-31(2)42(44(37-21-11-6-12-22-37)38-28-26-35(27-29-38)33-16-7-4-8-17-33)43-32(3)40-24-13-14-25-41(40)45(43)39-23-15-20-36(30-39)34-18-9-5-10-19-34;1-3-2/h4-30H,1-3H3;1H,2H3. The molecule has 0 saturated heterocycles. The van der Waals surface area contributed by atoms with E-state index in [0.29, 0.717) is 0 Å². The molecule has 2 nitrogen and oxygen atoms in total. The second-order valence-corrected chi connectivity index (χ2v) is 12.0. The average molecular weight is 621 g/mol. The molecule has 234 valence electrons. The molecule has 0 radical (unpaired) electrons. The molecule has 0 amide bonds. The number of benzene rings is 6. The Morgan fingerprint density at radius 2 is 1.04 bits per heavy atom. The molecule has 7 rings (SSSR count). The number of fused-ring (bicyclic) bond motifs is 1. The monoisotopic (exact) mass is 620 g/mol.